The van der Waals surface area contributed by atoms with Crippen molar-refractivity contribution in [1.29, 1.82) is 0 Å². The van der Waals surface area contributed by atoms with E-state index in [1.54, 1.807) is 0 Å². The summed E-state index contributed by atoms with van der Waals surface area (Å²) in [6.07, 6.45) is 0.621. The lowest BCUT2D eigenvalue weighted by molar-refractivity contribution is 0.173. The molecule has 104 valence electrons. The molecule has 18 heavy (non-hydrogen) atoms. The number of sulfonamides is 1. The van der Waals surface area contributed by atoms with Crippen molar-refractivity contribution in [3.8, 4) is 0 Å². The lowest BCUT2D eigenvalue weighted by Gasteiger charge is -2.16. The number of aromatic nitrogens is 3. The van der Waals surface area contributed by atoms with Crippen molar-refractivity contribution in [2.45, 2.75) is 17.5 Å². The Kier molecular flexibility index (Phi) is 6.18. The molecule has 1 rings (SSSR count). The first-order valence-electron chi connectivity index (χ1n) is 5.04. The lowest BCUT2D eigenvalue weighted by Crippen LogP contribution is -2.39. The van der Waals surface area contributed by atoms with Gasteiger partial charge in [-0.05, 0) is 22.4 Å². The maximum atomic E-state index is 12.2. The van der Waals surface area contributed by atoms with Crippen LogP contribution in [0.25, 0.3) is 0 Å². The van der Waals surface area contributed by atoms with Gasteiger partial charge in [-0.15, -0.1) is 5.10 Å². The van der Waals surface area contributed by atoms with E-state index in [0.29, 0.717) is 18.4 Å². The van der Waals surface area contributed by atoms with Gasteiger partial charge >= 0.3 is 0 Å². The molecule has 0 amide bonds. The Morgan fingerprint density at radius 2 is 2.22 bits per heavy atom. The molecule has 10 heteroatoms. The number of nitrogens with zero attached hydrogens (tertiary/aromatic N) is 3. The molecular weight excluding hydrogens is 392 g/mol. The third-order valence-electron chi connectivity index (χ3n) is 2.14. The minimum Gasteiger partial charge on any atom is -0.383 e. The monoisotopic (exact) mass is 404 g/mol. The van der Waals surface area contributed by atoms with E-state index in [4.69, 9.17) is 4.74 Å². The van der Waals surface area contributed by atoms with Crippen molar-refractivity contribution in [2.75, 3.05) is 19.0 Å². The molecule has 1 aromatic rings. The predicted octanol–water partition coefficient (Wildman–Crippen LogP) is 0.656. The molecule has 1 N–H and O–H groups in total. The summed E-state index contributed by atoms with van der Waals surface area (Å²) in [5, 5.41) is 7.97. The summed E-state index contributed by atoms with van der Waals surface area (Å²) in [5.41, 5.74) is 0. The quantitative estimate of drug-likeness (QED) is 0.673. The molecule has 0 radical (unpaired) electrons. The summed E-state index contributed by atoms with van der Waals surface area (Å²) in [6, 6.07) is -0.304. The Morgan fingerprint density at radius 3 is 2.67 bits per heavy atom. The summed E-state index contributed by atoms with van der Waals surface area (Å²) in [4.78, 5) is 0. The molecule has 1 aromatic heterocycles. The van der Waals surface area contributed by atoms with Crippen LogP contribution in [0.15, 0.2) is 9.63 Å². The number of aryl methyl sites for hydroxylation is 1. The van der Waals surface area contributed by atoms with Crippen LogP contribution in [0.5, 0.6) is 0 Å². The standard InChI is InChI=1S/C8H14Br2N4O3S/c1-14-8(7(10)11-13-14)18(15,16)12-6(3-4-9)5-17-2/h6,12H,3-5H2,1-2H3. The fraction of sp³-hybridized carbons (Fsp3) is 0.750. The number of hydrogen-bond acceptors (Lipinski definition) is 5. The average molecular weight is 406 g/mol. The van der Waals surface area contributed by atoms with Crippen molar-refractivity contribution in [2.24, 2.45) is 7.05 Å². The van der Waals surface area contributed by atoms with Crippen LogP contribution < -0.4 is 4.72 Å². The molecule has 0 aromatic carbocycles. The highest BCUT2D eigenvalue weighted by Gasteiger charge is 2.26. The van der Waals surface area contributed by atoms with Crippen molar-refractivity contribution in [1.82, 2.24) is 19.7 Å². The number of alkyl halides is 1. The van der Waals surface area contributed by atoms with E-state index in [1.165, 1.54) is 18.8 Å². The van der Waals surface area contributed by atoms with Crippen LogP contribution in [-0.2, 0) is 21.8 Å². The van der Waals surface area contributed by atoms with Gasteiger partial charge in [-0.1, -0.05) is 21.1 Å². The Balaban J connectivity index is 2.93. The maximum absolute atomic E-state index is 12.2. The van der Waals surface area contributed by atoms with Crippen LogP contribution in [0.3, 0.4) is 0 Å². The Morgan fingerprint density at radius 1 is 1.56 bits per heavy atom. The molecule has 0 saturated heterocycles. The van der Waals surface area contributed by atoms with Gasteiger partial charge in [0.25, 0.3) is 10.0 Å². The molecule has 0 aliphatic rings. The Hall–Kier alpha value is -0.0300. The molecule has 0 spiro atoms. The lowest BCUT2D eigenvalue weighted by atomic mass is 10.3. The fourth-order valence-corrected chi connectivity index (χ4v) is 4.30. The van der Waals surface area contributed by atoms with E-state index in [0.717, 1.165) is 0 Å². The van der Waals surface area contributed by atoms with Gasteiger partial charge in [0.05, 0.1) is 6.61 Å². The second-order valence-electron chi connectivity index (χ2n) is 3.56. The highest BCUT2D eigenvalue weighted by atomic mass is 79.9. The summed E-state index contributed by atoms with van der Waals surface area (Å²) in [6.45, 7) is 0.299. The number of ether oxygens (including phenoxy) is 1. The van der Waals surface area contributed by atoms with Crippen LogP contribution in [0, 0.1) is 0 Å². The van der Waals surface area contributed by atoms with Gasteiger partial charge in [0.1, 0.15) is 0 Å². The number of methoxy groups -OCH3 is 1. The molecular formula is C8H14Br2N4O3S. The molecule has 0 aliphatic carbocycles. The van der Waals surface area contributed by atoms with Gasteiger partial charge < -0.3 is 4.74 Å². The van der Waals surface area contributed by atoms with Gasteiger partial charge in [-0.2, -0.15) is 0 Å². The Labute approximate surface area is 123 Å². The van der Waals surface area contributed by atoms with E-state index in [9.17, 15) is 8.42 Å². The minimum absolute atomic E-state index is 0.00169. The molecule has 7 nitrogen and oxygen atoms in total. The molecule has 1 unspecified atom stereocenters. The number of rotatable bonds is 7. The minimum atomic E-state index is -3.68. The summed E-state index contributed by atoms with van der Waals surface area (Å²) < 4.78 is 33.3. The third-order valence-corrected chi connectivity index (χ3v) is 5.00. The predicted molar refractivity (Wildman–Crippen MR) is 73.1 cm³/mol. The number of halogens is 2. The second kappa shape index (κ2) is 6.94. The molecule has 1 atom stereocenters. The highest BCUT2D eigenvalue weighted by molar-refractivity contribution is 9.10. The Bertz CT molecular complexity index is 465. The van der Waals surface area contributed by atoms with Crippen LogP contribution in [-0.4, -0.2) is 48.5 Å². The third kappa shape index (κ3) is 3.98. The first-order valence-corrected chi connectivity index (χ1v) is 8.44. The molecule has 0 fully saturated rings. The van der Waals surface area contributed by atoms with Gasteiger partial charge in [-0.25, -0.2) is 17.8 Å². The second-order valence-corrected chi connectivity index (χ2v) is 6.73. The smallest absolute Gasteiger partial charge is 0.260 e. The van der Waals surface area contributed by atoms with E-state index in [1.807, 2.05) is 0 Å². The van der Waals surface area contributed by atoms with Crippen molar-refractivity contribution < 1.29 is 13.2 Å². The largest absolute Gasteiger partial charge is 0.383 e. The van der Waals surface area contributed by atoms with E-state index in [-0.39, 0.29) is 15.7 Å². The van der Waals surface area contributed by atoms with Gasteiger partial charge in [0.2, 0.25) is 5.03 Å². The molecule has 0 aliphatic heterocycles. The zero-order valence-corrected chi connectivity index (χ0v) is 13.9. The zero-order chi connectivity index (χ0) is 13.8. The summed E-state index contributed by atoms with van der Waals surface area (Å²) in [7, 11) is -0.641. The maximum Gasteiger partial charge on any atom is 0.260 e. The van der Waals surface area contributed by atoms with E-state index >= 15 is 0 Å². The van der Waals surface area contributed by atoms with Gasteiger partial charge in [-0.3, -0.25) is 0 Å². The van der Waals surface area contributed by atoms with Crippen molar-refractivity contribution in [3.05, 3.63) is 4.60 Å². The fourth-order valence-electron chi connectivity index (χ4n) is 1.39. The van der Waals surface area contributed by atoms with Crippen molar-refractivity contribution in [3.63, 3.8) is 0 Å². The van der Waals surface area contributed by atoms with Crippen LogP contribution in [0.2, 0.25) is 0 Å². The van der Waals surface area contributed by atoms with Crippen LogP contribution >= 0.6 is 31.9 Å². The van der Waals surface area contributed by atoms with Gasteiger partial charge in [0, 0.05) is 25.5 Å². The summed E-state index contributed by atoms with van der Waals surface area (Å²) in [5.74, 6) is 0. The van der Waals surface area contributed by atoms with Crippen molar-refractivity contribution >= 4 is 41.9 Å². The van der Waals surface area contributed by atoms with Gasteiger partial charge in [0.15, 0.2) is 4.60 Å². The number of hydrogen-bond donors (Lipinski definition) is 1. The highest BCUT2D eigenvalue weighted by Crippen LogP contribution is 2.18. The first-order chi connectivity index (χ1) is 8.42. The number of nitrogens with one attached hydrogen (secondary N) is 1. The zero-order valence-electron chi connectivity index (χ0n) is 9.93. The normalized spacial score (nSPS) is 13.8. The topological polar surface area (TPSA) is 86.1 Å². The molecule has 0 bridgehead atoms. The van der Waals surface area contributed by atoms with Crippen LogP contribution in [0.1, 0.15) is 6.42 Å². The SMILES string of the molecule is COCC(CCBr)NS(=O)(=O)c1c(Br)nnn1C. The molecule has 0 saturated carbocycles. The van der Waals surface area contributed by atoms with Crippen LogP contribution in [0.4, 0.5) is 0 Å². The average Bonchev–Trinajstić information content (AvgIpc) is 2.59. The van der Waals surface area contributed by atoms with E-state index in [2.05, 4.69) is 46.9 Å². The molecule has 1 heterocycles. The van der Waals surface area contributed by atoms with E-state index < -0.39 is 10.0 Å². The first kappa shape index (κ1) is 16.0. The summed E-state index contributed by atoms with van der Waals surface area (Å²) >= 11 is 6.34.